The van der Waals surface area contributed by atoms with E-state index in [9.17, 15) is 4.79 Å². The summed E-state index contributed by atoms with van der Waals surface area (Å²) >= 11 is 11.6. The fourth-order valence-electron chi connectivity index (χ4n) is 1.78. The number of pyridine rings is 1. The smallest absolute Gasteiger partial charge is 0.304 e. The molecule has 2 rings (SSSR count). The molecule has 0 aliphatic carbocycles. The zero-order valence-electron chi connectivity index (χ0n) is 8.24. The lowest BCUT2D eigenvalue weighted by atomic mass is 9.76. The van der Waals surface area contributed by atoms with Crippen LogP contribution in [0.1, 0.15) is 12.0 Å². The number of halogens is 2. The molecular formula is C10H9Cl2NO3. The van der Waals surface area contributed by atoms with E-state index in [-0.39, 0.29) is 16.7 Å². The van der Waals surface area contributed by atoms with Crippen LogP contribution in [0, 0.1) is 0 Å². The average molecular weight is 262 g/mol. The number of aliphatic carboxylic acids is 1. The Bertz CT molecular complexity index is 412. The van der Waals surface area contributed by atoms with Crippen molar-refractivity contribution in [3.8, 4) is 0 Å². The summed E-state index contributed by atoms with van der Waals surface area (Å²) in [6.07, 6.45) is 0.00364. The molecule has 0 amide bonds. The fourth-order valence-corrected chi connectivity index (χ4v) is 2.24. The molecule has 0 atom stereocenters. The summed E-state index contributed by atoms with van der Waals surface area (Å²) in [5.41, 5.74) is 0.258. The first-order chi connectivity index (χ1) is 7.52. The third kappa shape index (κ3) is 2.14. The van der Waals surface area contributed by atoms with Crippen molar-refractivity contribution in [3.05, 3.63) is 28.0 Å². The van der Waals surface area contributed by atoms with Gasteiger partial charge in [0.2, 0.25) is 0 Å². The van der Waals surface area contributed by atoms with Crippen LogP contribution in [0.3, 0.4) is 0 Å². The Morgan fingerprint density at radius 3 is 2.38 bits per heavy atom. The Labute approximate surface area is 102 Å². The second-order valence-corrected chi connectivity index (χ2v) is 4.62. The molecule has 4 nitrogen and oxygen atoms in total. The van der Waals surface area contributed by atoms with Gasteiger partial charge < -0.3 is 9.84 Å². The molecule has 6 heteroatoms. The Hall–Kier alpha value is -0.840. The van der Waals surface area contributed by atoms with E-state index in [2.05, 4.69) is 4.98 Å². The lowest BCUT2D eigenvalue weighted by Gasteiger charge is -2.40. The average Bonchev–Trinajstić information content (AvgIpc) is 2.09. The van der Waals surface area contributed by atoms with Gasteiger partial charge in [0.15, 0.2) is 0 Å². The van der Waals surface area contributed by atoms with Crippen LogP contribution in [0.25, 0.3) is 0 Å². The van der Waals surface area contributed by atoms with E-state index in [1.807, 2.05) is 0 Å². The fraction of sp³-hybridized carbons (Fsp3) is 0.400. The number of aromatic nitrogens is 1. The maximum atomic E-state index is 10.8. The van der Waals surface area contributed by atoms with Gasteiger partial charge in [-0.15, -0.1) is 0 Å². The first-order valence-electron chi connectivity index (χ1n) is 4.65. The highest BCUT2D eigenvalue weighted by Crippen LogP contribution is 2.37. The van der Waals surface area contributed by atoms with Crippen molar-refractivity contribution in [2.75, 3.05) is 13.2 Å². The standard InChI is InChI=1S/C10H9Cl2NO3/c11-7-1-6(2-8(12)13-7)10(3-9(14)15)4-16-5-10/h1-2H,3-5H2,(H,14,15). The molecule has 1 aliphatic heterocycles. The topological polar surface area (TPSA) is 59.4 Å². The molecule has 1 N–H and O–H groups in total. The number of hydrogen-bond acceptors (Lipinski definition) is 3. The number of carbonyl (C=O) groups is 1. The molecule has 86 valence electrons. The SMILES string of the molecule is O=C(O)CC1(c2cc(Cl)nc(Cl)c2)COC1. The molecule has 0 saturated carbocycles. The van der Waals surface area contributed by atoms with E-state index < -0.39 is 11.4 Å². The van der Waals surface area contributed by atoms with Crippen molar-refractivity contribution >= 4 is 29.2 Å². The number of ether oxygens (including phenoxy) is 1. The normalized spacial score (nSPS) is 17.9. The first kappa shape index (κ1) is 11.6. The maximum absolute atomic E-state index is 10.8. The van der Waals surface area contributed by atoms with Crippen LogP contribution in [-0.2, 0) is 14.9 Å². The predicted molar refractivity (Wildman–Crippen MR) is 59.0 cm³/mol. The highest BCUT2D eigenvalue weighted by Gasteiger charge is 2.42. The van der Waals surface area contributed by atoms with Crippen molar-refractivity contribution in [1.29, 1.82) is 0 Å². The quantitative estimate of drug-likeness (QED) is 0.848. The number of carboxylic acids is 1. The van der Waals surface area contributed by atoms with Gasteiger partial charge in [-0.2, -0.15) is 0 Å². The summed E-state index contributed by atoms with van der Waals surface area (Å²) in [6, 6.07) is 3.28. The van der Waals surface area contributed by atoms with Gasteiger partial charge in [-0.1, -0.05) is 23.2 Å². The molecule has 1 aliphatic rings. The molecule has 0 unspecified atom stereocenters. The van der Waals surface area contributed by atoms with Crippen LogP contribution >= 0.6 is 23.2 Å². The molecule has 1 aromatic heterocycles. The monoisotopic (exact) mass is 261 g/mol. The largest absolute Gasteiger partial charge is 0.481 e. The minimum Gasteiger partial charge on any atom is -0.481 e. The van der Waals surface area contributed by atoms with Crippen molar-refractivity contribution in [2.45, 2.75) is 11.8 Å². The number of rotatable bonds is 3. The molecule has 0 aromatic carbocycles. The Balaban J connectivity index is 2.36. The second kappa shape index (κ2) is 4.20. The Morgan fingerprint density at radius 1 is 1.44 bits per heavy atom. The molecule has 0 radical (unpaired) electrons. The highest BCUT2D eigenvalue weighted by molar-refractivity contribution is 6.32. The molecule has 16 heavy (non-hydrogen) atoms. The van der Waals surface area contributed by atoms with Crippen LogP contribution in [0.2, 0.25) is 10.3 Å². The predicted octanol–water partition coefficient (Wildman–Crippen LogP) is 2.13. The van der Waals surface area contributed by atoms with Gasteiger partial charge in [0, 0.05) is 0 Å². The summed E-state index contributed by atoms with van der Waals surface area (Å²) in [4.78, 5) is 14.6. The summed E-state index contributed by atoms with van der Waals surface area (Å²) in [5.74, 6) is -0.868. The van der Waals surface area contributed by atoms with Gasteiger partial charge in [-0.3, -0.25) is 4.79 Å². The van der Waals surface area contributed by atoms with E-state index in [4.69, 9.17) is 33.0 Å². The van der Waals surface area contributed by atoms with E-state index in [1.54, 1.807) is 12.1 Å². The van der Waals surface area contributed by atoms with Crippen LogP contribution in [-0.4, -0.2) is 29.3 Å². The molecule has 0 bridgehead atoms. The lowest BCUT2D eigenvalue weighted by Crippen LogP contribution is -2.48. The van der Waals surface area contributed by atoms with Crippen molar-refractivity contribution < 1.29 is 14.6 Å². The van der Waals surface area contributed by atoms with Gasteiger partial charge in [0.1, 0.15) is 10.3 Å². The third-order valence-electron chi connectivity index (χ3n) is 2.62. The van der Waals surface area contributed by atoms with E-state index >= 15 is 0 Å². The number of hydrogen-bond donors (Lipinski definition) is 1. The van der Waals surface area contributed by atoms with Gasteiger partial charge >= 0.3 is 5.97 Å². The van der Waals surface area contributed by atoms with Crippen molar-refractivity contribution in [2.24, 2.45) is 0 Å². The van der Waals surface area contributed by atoms with Crippen LogP contribution in [0.5, 0.6) is 0 Å². The van der Waals surface area contributed by atoms with E-state index in [0.29, 0.717) is 13.2 Å². The van der Waals surface area contributed by atoms with Gasteiger partial charge in [-0.25, -0.2) is 4.98 Å². The van der Waals surface area contributed by atoms with Gasteiger partial charge in [0.25, 0.3) is 0 Å². The highest BCUT2D eigenvalue weighted by atomic mass is 35.5. The second-order valence-electron chi connectivity index (χ2n) is 3.84. The zero-order valence-corrected chi connectivity index (χ0v) is 9.75. The van der Waals surface area contributed by atoms with E-state index in [0.717, 1.165) is 5.56 Å². The van der Waals surface area contributed by atoms with Gasteiger partial charge in [0.05, 0.1) is 25.0 Å². The lowest BCUT2D eigenvalue weighted by molar-refractivity contribution is -0.145. The Morgan fingerprint density at radius 2 is 2.00 bits per heavy atom. The number of nitrogens with zero attached hydrogens (tertiary/aromatic N) is 1. The van der Waals surface area contributed by atoms with Crippen LogP contribution in [0.4, 0.5) is 0 Å². The molecular weight excluding hydrogens is 253 g/mol. The molecule has 0 spiro atoms. The Kier molecular flexibility index (Phi) is 3.06. The van der Waals surface area contributed by atoms with Crippen molar-refractivity contribution in [3.63, 3.8) is 0 Å². The minimum absolute atomic E-state index is 0.00364. The summed E-state index contributed by atoms with van der Waals surface area (Å²) < 4.78 is 5.10. The van der Waals surface area contributed by atoms with Gasteiger partial charge in [-0.05, 0) is 17.7 Å². The summed E-state index contributed by atoms with van der Waals surface area (Å²) in [5, 5.41) is 9.40. The molecule has 1 saturated heterocycles. The molecule has 2 heterocycles. The maximum Gasteiger partial charge on any atom is 0.304 e. The first-order valence-corrected chi connectivity index (χ1v) is 5.41. The molecule has 1 aromatic rings. The van der Waals surface area contributed by atoms with Crippen molar-refractivity contribution in [1.82, 2.24) is 4.98 Å². The summed E-state index contributed by atoms with van der Waals surface area (Å²) in [6.45, 7) is 0.742. The summed E-state index contributed by atoms with van der Waals surface area (Å²) in [7, 11) is 0. The van der Waals surface area contributed by atoms with Crippen LogP contribution in [0.15, 0.2) is 12.1 Å². The number of carboxylic acid groups (broad SMARTS) is 1. The van der Waals surface area contributed by atoms with E-state index in [1.165, 1.54) is 0 Å². The third-order valence-corrected chi connectivity index (χ3v) is 3.01. The zero-order chi connectivity index (χ0) is 11.8. The van der Waals surface area contributed by atoms with Crippen LogP contribution < -0.4 is 0 Å². The molecule has 1 fully saturated rings. The minimum atomic E-state index is -0.868.